The van der Waals surface area contributed by atoms with E-state index in [0.29, 0.717) is 22.5 Å². The van der Waals surface area contributed by atoms with Gasteiger partial charge in [-0.2, -0.15) is 10.5 Å². The van der Waals surface area contributed by atoms with Crippen molar-refractivity contribution in [3.63, 3.8) is 0 Å². The van der Waals surface area contributed by atoms with Crippen LogP contribution in [0.2, 0.25) is 0 Å². The van der Waals surface area contributed by atoms with Gasteiger partial charge >= 0.3 is 0 Å². The van der Waals surface area contributed by atoms with Crippen molar-refractivity contribution in [3.8, 4) is 40.3 Å². The van der Waals surface area contributed by atoms with E-state index < -0.39 is 0 Å². The second kappa shape index (κ2) is 16.7. The van der Waals surface area contributed by atoms with Crippen molar-refractivity contribution in [3.05, 3.63) is 236 Å². The van der Waals surface area contributed by atoms with Crippen molar-refractivity contribution in [2.75, 3.05) is 0 Å². The van der Waals surface area contributed by atoms with Gasteiger partial charge in [-0.05, 0) is 60.7 Å². The molecule has 7 aromatic heterocycles. The summed E-state index contributed by atoms with van der Waals surface area (Å²) in [7, 11) is 0. The van der Waals surface area contributed by atoms with Crippen LogP contribution < -0.4 is 0 Å². The highest BCUT2D eigenvalue weighted by Gasteiger charge is 2.35. The summed E-state index contributed by atoms with van der Waals surface area (Å²) >= 11 is 7.21. The number of fused-ring (bicyclic) bond motifs is 24. The number of benzene rings is 12. The molecule has 0 aliphatic carbocycles. The molecule has 0 saturated heterocycles. The zero-order chi connectivity index (χ0) is 54.3. The van der Waals surface area contributed by atoms with E-state index in [9.17, 15) is 10.5 Å². The van der Waals surface area contributed by atoms with Crippen molar-refractivity contribution >= 4 is 191 Å². The van der Waals surface area contributed by atoms with Gasteiger partial charge in [-0.1, -0.05) is 164 Å². The Hall–Kier alpha value is -10.1. The number of thiophene rings is 4. The van der Waals surface area contributed by atoms with Crippen molar-refractivity contribution < 1.29 is 0 Å². The Morgan fingerprint density at radius 3 is 0.988 bits per heavy atom. The Kier molecular flexibility index (Phi) is 9.20. The lowest BCUT2D eigenvalue weighted by molar-refractivity contribution is 1.06. The number of aromatic nitrogens is 3. The third-order valence-corrected chi connectivity index (χ3v) is 22.4. The average molecular weight is 1120 g/mol. The summed E-state index contributed by atoms with van der Waals surface area (Å²) in [5.74, 6) is 0. The Morgan fingerprint density at radius 2 is 0.578 bits per heavy atom. The van der Waals surface area contributed by atoms with E-state index in [2.05, 4.69) is 250 Å². The quantitative estimate of drug-likeness (QED) is 0.176. The fraction of sp³-hybridized carbons (Fsp3) is 0. The van der Waals surface area contributed by atoms with Gasteiger partial charge in [0.2, 0.25) is 0 Å². The van der Waals surface area contributed by atoms with Gasteiger partial charge in [-0.15, -0.1) is 45.3 Å². The molecule has 0 aliphatic heterocycles. The van der Waals surface area contributed by atoms with Gasteiger partial charge in [-0.3, -0.25) is 0 Å². The monoisotopic (exact) mass is 1120 g/mol. The van der Waals surface area contributed by atoms with E-state index in [4.69, 9.17) is 0 Å². The molecule has 19 aromatic rings. The van der Waals surface area contributed by atoms with E-state index in [1.165, 1.54) is 60.5 Å². The summed E-state index contributed by atoms with van der Waals surface area (Å²) in [5, 5.41) is 41.8. The Labute approximate surface area is 488 Å². The van der Waals surface area contributed by atoms with Crippen molar-refractivity contribution in [1.29, 1.82) is 10.5 Å². The lowest BCUT2D eigenvalue weighted by Gasteiger charge is -2.26. The largest absolute Gasteiger partial charge is 0.306 e. The van der Waals surface area contributed by atoms with E-state index in [-0.39, 0.29) is 0 Å². The first kappa shape index (κ1) is 45.6. The molecule has 7 heterocycles. The third kappa shape index (κ3) is 5.91. The van der Waals surface area contributed by atoms with Gasteiger partial charge in [-0.25, -0.2) is 0 Å². The molecule has 0 bridgehead atoms. The van der Waals surface area contributed by atoms with Gasteiger partial charge in [0.05, 0.1) is 55.7 Å². The van der Waals surface area contributed by atoms with Crippen LogP contribution in [0.15, 0.2) is 224 Å². The molecular weight excluding hydrogens is 1090 g/mol. The summed E-state index contributed by atoms with van der Waals surface area (Å²) in [6.07, 6.45) is 0. The number of nitriles is 2. The molecule has 0 saturated carbocycles. The minimum atomic E-state index is 0.399. The van der Waals surface area contributed by atoms with Gasteiger partial charge in [0.15, 0.2) is 0 Å². The minimum Gasteiger partial charge on any atom is -0.306 e. The summed E-state index contributed by atoms with van der Waals surface area (Å²) in [6.45, 7) is 0. The van der Waals surface area contributed by atoms with E-state index in [1.54, 1.807) is 22.7 Å². The van der Waals surface area contributed by atoms with Crippen molar-refractivity contribution in [2.24, 2.45) is 0 Å². The maximum Gasteiger partial charge on any atom is 0.104 e. The van der Waals surface area contributed by atoms with E-state index in [1.807, 2.05) is 22.7 Å². The van der Waals surface area contributed by atoms with Crippen LogP contribution >= 0.6 is 45.3 Å². The fourth-order valence-corrected chi connectivity index (χ4v) is 19.2. The van der Waals surface area contributed by atoms with Crippen LogP contribution in [0.1, 0.15) is 11.1 Å². The number of hydrogen-bond donors (Lipinski definition) is 0. The zero-order valence-electron chi connectivity index (χ0n) is 43.7. The Balaban J connectivity index is 1.10. The molecule has 0 aliphatic rings. The van der Waals surface area contributed by atoms with Gasteiger partial charge in [0, 0.05) is 124 Å². The lowest BCUT2D eigenvalue weighted by Crippen LogP contribution is -2.14. The molecule has 0 amide bonds. The smallest absolute Gasteiger partial charge is 0.104 e. The first-order valence-electron chi connectivity index (χ1n) is 27.6. The zero-order valence-corrected chi connectivity index (χ0v) is 47.0. The molecule has 0 N–H and O–H groups in total. The van der Waals surface area contributed by atoms with Crippen LogP contribution in [0, 0.1) is 22.7 Å². The van der Waals surface area contributed by atoms with Crippen LogP contribution in [0.5, 0.6) is 0 Å². The molecule has 0 unspecified atom stereocenters. The molecule has 12 aromatic carbocycles. The SMILES string of the molecule is N#Cc1c(-c2cccc3c2sc2ccccc23)c(-n2c3ccccc3c3c4sc5ccccc5c4ccc32)c(-n2c3ccccc3c3c4sc5ccccc5c4ccc32)c(C#N)c1-n1c2ccccc2c2c3sc4ccccc4c3ccc21. The van der Waals surface area contributed by atoms with Crippen molar-refractivity contribution in [1.82, 2.24) is 13.7 Å². The summed E-state index contributed by atoms with van der Waals surface area (Å²) in [5.41, 5.74) is 10.3. The Morgan fingerprint density at radius 1 is 0.253 bits per heavy atom. The molecule has 0 radical (unpaired) electrons. The second-order valence-corrected chi connectivity index (χ2v) is 25.7. The van der Waals surface area contributed by atoms with Crippen LogP contribution in [-0.2, 0) is 0 Å². The first-order chi connectivity index (χ1) is 41.1. The molecule has 0 atom stereocenters. The van der Waals surface area contributed by atoms with Crippen LogP contribution in [0.25, 0.3) is 174 Å². The minimum absolute atomic E-state index is 0.399. The fourth-order valence-electron chi connectivity index (χ4n) is 14.2. The third-order valence-electron chi connectivity index (χ3n) is 17.5. The van der Waals surface area contributed by atoms with E-state index in [0.717, 1.165) is 102 Å². The average Bonchev–Trinajstić information content (AvgIpc) is 1.79. The second-order valence-electron chi connectivity index (χ2n) is 21.5. The number of nitrogens with zero attached hydrogens (tertiary/aromatic N) is 5. The molecule has 382 valence electrons. The summed E-state index contributed by atoms with van der Waals surface area (Å²) in [6, 6.07) is 86.9. The first-order valence-corrected chi connectivity index (χ1v) is 30.9. The highest BCUT2D eigenvalue weighted by atomic mass is 32.1. The predicted molar refractivity (Wildman–Crippen MR) is 356 cm³/mol. The Bertz CT molecular complexity index is 6230. The maximum atomic E-state index is 12.9. The summed E-state index contributed by atoms with van der Waals surface area (Å²) < 4.78 is 16.5. The molecule has 0 fully saturated rings. The maximum absolute atomic E-state index is 12.9. The van der Waals surface area contributed by atoms with Crippen LogP contribution in [0.4, 0.5) is 0 Å². The van der Waals surface area contributed by atoms with Gasteiger partial charge in [0.1, 0.15) is 17.7 Å². The molecule has 0 spiro atoms. The van der Waals surface area contributed by atoms with Crippen molar-refractivity contribution in [2.45, 2.75) is 0 Å². The number of rotatable bonds is 4. The normalized spacial score (nSPS) is 12.3. The van der Waals surface area contributed by atoms with Crippen LogP contribution in [0.3, 0.4) is 0 Å². The van der Waals surface area contributed by atoms with Gasteiger partial charge in [0.25, 0.3) is 0 Å². The number of hydrogen-bond acceptors (Lipinski definition) is 6. The summed E-state index contributed by atoms with van der Waals surface area (Å²) in [4.78, 5) is 0. The lowest BCUT2D eigenvalue weighted by atomic mass is 9.90. The molecular formula is C74H37N5S4. The highest BCUT2D eigenvalue weighted by Crippen LogP contribution is 2.54. The van der Waals surface area contributed by atoms with Gasteiger partial charge < -0.3 is 13.7 Å². The standard InChI is InChI=1S/C74H37N5S4/c75-38-52-64(51-24-15-23-44-40-16-4-11-28-60(40)80-71(44)51)70(79-56-27-10-3-22-50(56)67-59(79)37-34-47-43-19-7-14-31-63(43)83-74(47)67)69(78-55-26-9-2-21-49(55)66-58(78)36-33-46-42-18-6-13-30-62(42)82-73(46)66)53(39-76)68(52)77-54-25-8-1-20-48(54)65-57(77)35-32-45-41-17-5-12-29-61(41)81-72(45)65/h1-37H. The molecule has 19 rings (SSSR count). The van der Waals surface area contributed by atoms with E-state index >= 15 is 0 Å². The topological polar surface area (TPSA) is 62.4 Å². The van der Waals surface area contributed by atoms with Crippen LogP contribution in [-0.4, -0.2) is 13.7 Å². The molecule has 9 heteroatoms. The molecule has 83 heavy (non-hydrogen) atoms. The molecule has 5 nitrogen and oxygen atoms in total. The predicted octanol–water partition coefficient (Wildman–Crippen LogP) is 21.9. The number of para-hydroxylation sites is 3. The highest BCUT2D eigenvalue weighted by molar-refractivity contribution is 7.28.